The molecule has 0 spiro atoms. The number of hydrogen-bond donors (Lipinski definition) is 0. The van der Waals surface area contributed by atoms with Gasteiger partial charge >= 0.3 is 5.97 Å². The molecular formula is C21H21NO5. The Hall–Kier alpha value is -3.46. The molecule has 2 aromatic carbocycles. The molecule has 0 aliphatic rings. The first-order valence-electron chi connectivity index (χ1n) is 8.32. The summed E-state index contributed by atoms with van der Waals surface area (Å²) in [6.45, 7) is 5.90. The summed E-state index contributed by atoms with van der Waals surface area (Å²) in [7, 11) is 3.03. The van der Waals surface area contributed by atoms with E-state index in [1.165, 1.54) is 26.4 Å². The zero-order chi connectivity index (χ0) is 19.8. The van der Waals surface area contributed by atoms with E-state index in [-0.39, 0.29) is 5.75 Å². The molecule has 0 heterocycles. The van der Waals surface area contributed by atoms with Gasteiger partial charge in [0.05, 0.1) is 38.0 Å². The minimum atomic E-state index is -0.577. The molecule has 0 aliphatic heterocycles. The maximum absolute atomic E-state index is 12.7. The highest BCUT2D eigenvalue weighted by Gasteiger charge is 2.19. The first-order chi connectivity index (χ1) is 13.1. The van der Waals surface area contributed by atoms with Crippen molar-refractivity contribution in [2.45, 2.75) is 13.3 Å². The third kappa shape index (κ3) is 4.59. The van der Waals surface area contributed by atoms with E-state index in [4.69, 9.17) is 24.2 Å². The van der Waals surface area contributed by atoms with Crippen LogP contribution in [0, 0.1) is 11.3 Å². The number of hydrogen-bond acceptors (Lipinski definition) is 6. The topological polar surface area (TPSA) is 77.8 Å². The number of methoxy groups -OCH3 is 2. The third-order valence-electron chi connectivity index (χ3n) is 3.73. The van der Waals surface area contributed by atoms with Gasteiger partial charge in [-0.1, -0.05) is 6.08 Å². The Labute approximate surface area is 158 Å². The van der Waals surface area contributed by atoms with E-state index in [2.05, 4.69) is 6.58 Å². The zero-order valence-electron chi connectivity index (χ0n) is 15.6. The molecule has 0 atom stereocenters. The highest BCUT2D eigenvalue weighted by Crippen LogP contribution is 2.34. The Morgan fingerprint density at radius 3 is 2.52 bits per heavy atom. The van der Waals surface area contributed by atoms with Crippen LogP contribution in [0.1, 0.15) is 28.4 Å². The number of carbonyl (C=O) groups excluding carboxylic acids is 1. The van der Waals surface area contributed by atoms with Crippen molar-refractivity contribution in [2.75, 3.05) is 20.8 Å². The van der Waals surface area contributed by atoms with Crippen molar-refractivity contribution < 1.29 is 23.7 Å². The summed E-state index contributed by atoms with van der Waals surface area (Å²) in [5, 5.41) is 9.02. The van der Waals surface area contributed by atoms with Crippen LogP contribution in [0.25, 0.3) is 0 Å². The summed E-state index contributed by atoms with van der Waals surface area (Å²) in [6.07, 6.45) is 2.21. The lowest BCUT2D eigenvalue weighted by atomic mass is 10.1. The third-order valence-corrected chi connectivity index (χ3v) is 3.73. The molecule has 0 amide bonds. The summed E-state index contributed by atoms with van der Waals surface area (Å²) in [6, 6.07) is 9.88. The maximum atomic E-state index is 12.7. The number of carbonyl (C=O) groups is 1. The molecule has 27 heavy (non-hydrogen) atoms. The highest BCUT2D eigenvalue weighted by atomic mass is 16.6. The molecule has 0 aromatic heterocycles. The second-order valence-electron chi connectivity index (χ2n) is 5.46. The Balaban J connectivity index is 2.40. The van der Waals surface area contributed by atoms with Gasteiger partial charge in [0.1, 0.15) is 0 Å². The molecule has 140 valence electrons. The first-order valence-corrected chi connectivity index (χ1v) is 8.32. The molecule has 0 radical (unpaired) electrons. The first kappa shape index (κ1) is 19.9. The van der Waals surface area contributed by atoms with Crippen LogP contribution in [0.15, 0.2) is 43.0 Å². The minimum Gasteiger partial charge on any atom is -0.493 e. The number of nitriles is 1. The molecule has 0 bridgehead atoms. The lowest BCUT2D eigenvalue weighted by Crippen LogP contribution is -2.11. The summed E-state index contributed by atoms with van der Waals surface area (Å²) in [4.78, 5) is 12.7. The molecule has 0 saturated heterocycles. The summed E-state index contributed by atoms with van der Waals surface area (Å²) < 4.78 is 21.7. The molecule has 0 unspecified atom stereocenters. The number of ether oxygens (including phenoxy) is 4. The molecule has 0 fully saturated rings. The van der Waals surface area contributed by atoms with Gasteiger partial charge in [-0.25, -0.2) is 4.79 Å². The standard InChI is InChI=1S/C21H21NO5/c1-5-7-15-11-16(12-19(24-3)20(15)25-4)21(23)27-17-9-8-14(13-22)10-18(17)26-6-2/h5,8-12H,1,6-7H2,2-4H3. The quantitative estimate of drug-likeness (QED) is 0.400. The number of nitrogens with zero attached hydrogens (tertiary/aromatic N) is 1. The van der Waals surface area contributed by atoms with Gasteiger partial charge in [-0.15, -0.1) is 6.58 Å². The van der Waals surface area contributed by atoms with E-state index in [0.29, 0.717) is 41.4 Å². The minimum absolute atomic E-state index is 0.237. The smallest absolute Gasteiger partial charge is 0.343 e. The fraction of sp³-hybridized carbons (Fsp3) is 0.238. The van der Waals surface area contributed by atoms with Crippen molar-refractivity contribution in [3.8, 4) is 29.1 Å². The van der Waals surface area contributed by atoms with Crippen LogP contribution in [0.3, 0.4) is 0 Å². The molecular weight excluding hydrogens is 346 g/mol. The van der Waals surface area contributed by atoms with Gasteiger partial charge in [0.2, 0.25) is 0 Å². The number of rotatable bonds is 8. The van der Waals surface area contributed by atoms with E-state index in [1.807, 2.05) is 6.07 Å². The van der Waals surface area contributed by atoms with Gasteiger partial charge in [-0.2, -0.15) is 5.26 Å². The Kier molecular flexibility index (Phi) is 6.84. The van der Waals surface area contributed by atoms with Crippen molar-refractivity contribution in [3.05, 3.63) is 59.7 Å². The summed E-state index contributed by atoms with van der Waals surface area (Å²) in [5.41, 5.74) is 1.47. The Bertz CT molecular complexity index is 883. The lowest BCUT2D eigenvalue weighted by Gasteiger charge is -2.15. The van der Waals surface area contributed by atoms with Gasteiger partial charge in [0, 0.05) is 11.6 Å². The maximum Gasteiger partial charge on any atom is 0.343 e. The average molecular weight is 367 g/mol. The van der Waals surface area contributed by atoms with Gasteiger partial charge in [-0.3, -0.25) is 0 Å². The van der Waals surface area contributed by atoms with Crippen LogP contribution in [0.2, 0.25) is 0 Å². The largest absolute Gasteiger partial charge is 0.493 e. The van der Waals surface area contributed by atoms with E-state index in [0.717, 1.165) is 5.56 Å². The van der Waals surface area contributed by atoms with Gasteiger partial charge in [0.25, 0.3) is 0 Å². The lowest BCUT2D eigenvalue weighted by molar-refractivity contribution is 0.0728. The zero-order valence-corrected chi connectivity index (χ0v) is 15.6. The van der Waals surface area contributed by atoms with Gasteiger partial charge < -0.3 is 18.9 Å². The van der Waals surface area contributed by atoms with Crippen LogP contribution in [-0.2, 0) is 6.42 Å². The predicted molar refractivity (Wildman–Crippen MR) is 101 cm³/mol. The van der Waals surface area contributed by atoms with Crippen LogP contribution in [-0.4, -0.2) is 26.8 Å². The molecule has 6 heteroatoms. The molecule has 0 N–H and O–H groups in total. The number of allylic oxidation sites excluding steroid dienone is 1. The Morgan fingerprint density at radius 2 is 1.93 bits per heavy atom. The molecule has 2 aromatic rings. The van der Waals surface area contributed by atoms with Crippen LogP contribution < -0.4 is 18.9 Å². The number of esters is 1. The Morgan fingerprint density at radius 1 is 1.15 bits per heavy atom. The second-order valence-corrected chi connectivity index (χ2v) is 5.46. The van der Waals surface area contributed by atoms with E-state index in [9.17, 15) is 4.79 Å². The second kappa shape index (κ2) is 9.30. The van der Waals surface area contributed by atoms with Crippen molar-refractivity contribution in [3.63, 3.8) is 0 Å². The van der Waals surface area contributed by atoms with Crippen LogP contribution in [0.4, 0.5) is 0 Å². The summed E-state index contributed by atoms with van der Waals surface area (Å²) >= 11 is 0. The molecule has 0 aliphatic carbocycles. The predicted octanol–water partition coefficient (Wildman–Crippen LogP) is 3.92. The fourth-order valence-electron chi connectivity index (χ4n) is 2.56. The van der Waals surface area contributed by atoms with Crippen LogP contribution in [0.5, 0.6) is 23.0 Å². The fourth-order valence-corrected chi connectivity index (χ4v) is 2.56. The van der Waals surface area contributed by atoms with E-state index < -0.39 is 5.97 Å². The van der Waals surface area contributed by atoms with Crippen molar-refractivity contribution in [1.82, 2.24) is 0 Å². The monoisotopic (exact) mass is 367 g/mol. The average Bonchev–Trinajstić information content (AvgIpc) is 2.68. The van der Waals surface area contributed by atoms with E-state index >= 15 is 0 Å². The van der Waals surface area contributed by atoms with Crippen molar-refractivity contribution in [1.29, 1.82) is 5.26 Å². The summed E-state index contributed by atoms with van der Waals surface area (Å²) in [5.74, 6) is 0.959. The normalized spacial score (nSPS) is 9.85. The van der Waals surface area contributed by atoms with Crippen molar-refractivity contribution >= 4 is 5.97 Å². The SMILES string of the molecule is C=CCc1cc(C(=O)Oc2ccc(C#N)cc2OCC)cc(OC)c1OC. The number of benzene rings is 2. The van der Waals surface area contributed by atoms with Gasteiger partial charge in [-0.05, 0) is 37.6 Å². The van der Waals surface area contributed by atoms with Gasteiger partial charge in [0.15, 0.2) is 23.0 Å². The molecule has 0 saturated carbocycles. The van der Waals surface area contributed by atoms with Crippen molar-refractivity contribution in [2.24, 2.45) is 0 Å². The van der Waals surface area contributed by atoms with E-state index in [1.54, 1.807) is 31.2 Å². The highest BCUT2D eigenvalue weighted by molar-refractivity contribution is 5.92. The van der Waals surface area contributed by atoms with Crippen LogP contribution >= 0.6 is 0 Å². The molecule has 6 nitrogen and oxygen atoms in total. The molecule has 2 rings (SSSR count).